The molecule has 0 fully saturated rings. The number of ether oxygens (including phenoxy) is 1. The van der Waals surface area contributed by atoms with E-state index < -0.39 is 5.97 Å². The molecule has 0 atom stereocenters. The fraction of sp³-hybridized carbons (Fsp3) is 0.133. The Bertz CT molecular complexity index is 608. The van der Waals surface area contributed by atoms with Crippen molar-refractivity contribution < 1.29 is 14.6 Å². The van der Waals surface area contributed by atoms with Crippen LogP contribution in [0.25, 0.3) is 0 Å². The molecule has 2 aromatic rings. The van der Waals surface area contributed by atoms with E-state index >= 15 is 0 Å². The lowest BCUT2D eigenvalue weighted by Crippen LogP contribution is -2.04. The predicted octanol–water partition coefficient (Wildman–Crippen LogP) is 3.93. The summed E-state index contributed by atoms with van der Waals surface area (Å²) in [5.74, 6) is -0.657. The molecule has 98 valence electrons. The molecule has 1 N–H and O–H groups in total. The van der Waals surface area contributed by atoms with Crippen LogP contribution in [0.15, 0.2) is 42.5 Å². The molecule has 3 nitrogen and oxygen atoms in total. The average Bonchev–Trinajstić information content (AvgIpc) is 2.38. The Balaban J connectivity index is 2.20. The van der Waals surface area contributed by atoms with Gasteiger partial charge in [-0.15, -0.1) is 0 Å². The van der Waals surface area contributed by atoms with Crippen LogP contribution in [0.2, 0.25) is 5.02 Å². The number of aromatic carboxylic acids is 1. The Morgan fingerprint density at radius 1 is 1.26 bits per heavy atom. The zero-order valence-corrected chi connectivity index (χ0v) is 11.1. The van der Waals surface area contributed by atoms with E-state index in [1.807, 2.05) is 31.2 Å². The van der Waals surface area contributed by atoms with Crippen molar-refractivity contribution in [3.8, 4) is 5.75 Å². The van der Waals surface area contributed by atoms with Gasteiger partial charge in [-0.3, -0.25) is 0 Å². The van der Waals surface area contributed by atoms with Crippen molar-refractivity contribution in [3.05, 3.63) is 64.2 Å². The van der Waals surface area contributed by atoms with Gasteiger partial charge >= 0.3 is 5.97 Å². The summed E-state index contributed by atoms with van der Waals surface area (Å²) in [6, 6.07) is 12.4. The number of hydrogen-bond donors (Lipinski definition) is 1. The van der Waals surface area contributed by atoms with E-state index in [4.69, 9.17) is 21.4 Å². The smallest absolute Gasteiger partial charge is 0.339 e. The number of aryl methyl sites for hydroxylation is 1. The van der Waals surface area contributed by atoms with Gasteiger partial charge in [0.2, 0.25) is 0 Å². The molecule has 0 aliphatic carbocycles. The molecule has 0 aliphatic heterocycles. The molecule has 0 aliphatic rings. The lowest BCUT2D eigenvalue weighted by Gasteiger charge is -2.10. The third-order valence-electron chi connectivity index (χ3n) is 2.71. The van der Waals surface area contributed by atoms with Crippen LogP contribution < -0.4 is 4.74 Å². The molecule has 0 unspecified atom stereocenters. The molecule has 19 heavy (non-hydrogen) atoms. The summed E-state index contributed by atoms with van der Waals surface area (Å²) < 4.78 is 5.56. The van der Waals surface area contributed by atoms with Crippen molar-refractivity contribution in [2.24, 2.45) is 0 Å². The zero-order chi connectivity index (χ0) is 13.8. The largest absolute Gasteiger partial charge is 0.488 e. The number of carbonyl (C=O) groups is 1. The molecule has 0 aromatic heterocycles. The maximum Gasteiger partial charge on any atom is 0.339 e. The Kier molecular flexibility index (Phi) is 4.07. The average molecular weight is 277 g/mol. The normalized spacial score (nSPS) is 10.2. The fourth-order valence-electron chi connectivity index (χ4n) is 1.71. The van der Waals surface area contributed by atoms with Crippen molar-refractivity contribution in [2.45, 2.75) is 13.5 Å². The molecule has 4 heteroatoms. The first-order valence-electron chi connectivity index (χ1n) is 5.78. The van der Waals surface area contributed by atoms with Crippen LogP contribution in [-0.4, -0.2) is 11.1 Å². The van der Waals surface area contributed by atoms with Crippen LogP contribution in [0.3, 0.4) is 0 Å². The minimum Gasteiger partial charge on any atom is -0.488 e. The van der Waals surface area contributed by atoms with Gasteiger partial charge in [0.15, 0.2) is 0 Å². The summed E-state index contributed by atoms with van der Waals surface area (Å²) in [7, 11) is 0. The van der Waals surface area contributed by atoms with Gasteiger partial charge in [0, 0.05) is 10.6 Å². The van der Waals surface area contributed by atoms with Gasteiger partial charge in [0.1, 0.15) is 17.9 Å². The van der Waals surface area contributed by atoms with E-state index in [0.717, 1.165) is 11.1 Å². The van der Waals surface area contributed by atoms with Crippen LogP contribution in [0, 0.1) is 6.92 Å². The number of carboxylic acids is 1. The quantitative estimate of drug-likeness (QED) is 0.920. The molecule has 0 saturated carbocycles. The molecular formula is C15H13ClO3. The Morgan fingerprint density at radius 2 is 2.00 bits per heavy atom. The lowest BCUT2D eigenvalue weighted by atomic mass is 10.1. The Hall–Kier alpha value is -2.00. The highest BCUT2D eigenvalue weighted by Gasteiger charge is 2.12. The van der Waals surface area contributed by atoms with Crippen LogP contribution in [0.4, 0.5) is 0 Å². The highest BCUT2D eigenvalue weighted by Crippen LogP contribution is 2.23. The summed E-state index contributed by atoms with van der Waals surface area (Å²) in [6.45, 7) is 2.08. The number of halogens is 1. The SMILES string of the molecule is Cc1ccc(OCc2ccccc2Cl)c(C(=O)O)c1. The van der Waals surface area contributed by atoms with Crippen LogP contribution in [-0.2, 0) is 6.61 Å². The van der Waals surface area contributed by atoms with Gasteiger partial charge in [-0.1, -0.05) is 41.4 Å². The van der Waals surface area contributed by atoms with Gasteiger partial charge in [-0.2, -0.15) is 0 Å². The number of carboxylic acid groups (broad SMARTS) is 1. The van der Waals surface area contributed by atoms with Crippen molar-refractivity contribution in [2.75, 3.05) is 0 Å². The first-order chi connectivity index (χ1) is 9.08. The fourth-order valence-corrected chi connectivity index (χ4v) is 1.90. The summed E-state index contributed by atoms with van der Waals surface area (Å²) >= 11 is 6.02. The monoisotopic (exact) mass is 276 g/mol. The summed E-state index contributed by atoms with van der Waals surface area (Å²) in [4.78, 5) is 11.1. The highest BCUT2D eigenvalue weighted by molar-refractivity contribution is 6.31. The molecule has 0 spiro atoms. The topological polar surface area (TPSA) is 46.5 Å². The number of benzene rings is 2. The van der Waals surface area contributed by atoms with Crippen molar-refractivity contribution >= 4 is 17.6 Å². The van der Waals surface area contributed by atoms with E-state index in [0.29, 0.717) is 10.8 Å². The molecule has 0 heterocycles. The third-order valence-corrected chi connectivity index (χ3v) is 3.08. The molecule has 2 aromatic carbocycles. The Labute approximate surface area is 116 Å². The van der Waals surface area contributed by atoms with Crippen LogP contribution in [0.5, 0.6) is 5.75 Å². The number of rotatable bonds is 4. The van der Waals surface area contributed by atoms with E-state index in [-0.39, 0.29) is 12.2 Å². The predicted molar refractivity (Wildman–Crippen MR) is 73.9 cm³/mol. The van der Waals surface area contributed by atoms with Gasteiger partial charge in [-0.25, -0.2) is 4.79 Å². The third kappa shape index (κ3) is 3.26. The van der Waals surface area contributed by atoms with Crippen molar-refractivity contribution in [3.63, 3.8) is 0 Å². The van der Waals surface area contributed by atoms with E-state index in [2.05, 4.69) is 0 Å². The zero-order valence-electron chi connectivity index (χ0n) is 10.4. The lowest BCUT2D eigenvalue weighted by molar-refractivity contribution is 0.0691. The molecule has 0 bridgehead atoms. The van der Waals surface area contributed by atoms with Crippen molar-refractivity contribution in [1.82, 2.24) is 0 Å². The molecular weight excluding hydrogens is 264 g/mol. The molecule has 0 radical (unpaired) electrons. The highest BCUT2D eigenvalue weighted by atomic mass is 35.5. The van der Waals surface area contributed by atoms with Gasteiger partial charge in [0.05, 0.1) is 0 Å². The van der Waals surface area contributed by atoms with Crippen LogP contribution >= 0.6 is 11.6 Å². The minimum absolute atomic E-state index is 0.159. The maximum atomic E-state index is 11.1. The van der Waals surface area contributed by atoms with E-state index in [1.165, 1.54) is 0 Å². The van der Waals surface area contributed by atoms with Gasteiger partial charge in [-0.05, 0) is 25.1 Å². The first-order valence-corrected chi connectivity index (χ1v) is 6.16. The van der Waals surface area contributed by atoms with E-state index in [1.54, 1.807) is 18.2 Å². The maximum absolute atomic E-state index is 11.1. The molecule has 0 saturated heterocycles. The number of hydrogen-bond acceptors (Lipinski definition) is 2. The summed E-state index contributed by atoms with van der Waals surface area (Å²) in [5, 5.41) is 9.74. The van der Waals surface area contributed by atoms with Crippen LogP contribution in [0.1, 0.15) is 21.5 Å². The second-order valence-corrected chi connectivity index (χ2v) is 4.59. The minimum atomic E-state index is -1.00. The van der Waals surface area contributed by atoms with Gasteiger partial charge < -0.3 is 9.84 Å². The molecule has 0 amide bonds. The summed E-state index contributed by atoms with van der Waals surface area (Å²) in [6.07, 6.45) is 0. The Morgan fingerprint density at radius 3 is 2.68 bits per heavy atom. The van der Waals surface area contributed by atoms with Crippen molar-refractivity contribution in [1.29, 1.82) is 0 Å². The first kappa shape index (κ1) is 13.4. The standard InChI is InChI=1S/C15H13ClO3/c1-10-6-7-14(12(8-10)15(17)18)19-9-11-4-2-3-5-13(11)16/h2-8H,9H2,1H3,(H,17,18). The van der Waals surface area contributed by atoms with E-state index in [9.17, 15) is 4.79 Å². The summed E-state index contributed by atoms with van der Waals surface area (Å²) in [5.41, 5.74) is 1.86. The van der Waals surface area contributed by atoms with Gasteiger partial charge in [0.25, 0.3) is 0 Å². The molecule has 2 rings (SSSR count). The second kappa shape index (κ2) is 5.76. The second-order valence-electron chi connectivity index (χ2n) is 4.18.